The average Bonchev–Trinajstić information content (AvgIpc) is 2.30. The van der Waals surface area contributed by atoms with E-state index in [1.54, 1.807) is 13.3 Å². The second-order valence-electron chi connectivity index (χ2n) is 3.31. The van der Waals surface area contributed by atoms with E-state index in [0.29, 0.717) is 11.9 Å². The van der Waals surface area contributed by atoms with Crippen molar-refractivity contribution in [3.63, 3.8) is 0 Å². The maximum atomic E-state index is 5.22. The molecule has 0 saturated carbocycles. The van der Waals surface area contributed by atoms with E-state index in [2.05, 4.69) is 21.7 Å². The molecule has 1 fully saturated rings. The van der Waals surface area contributed by atoms with Crippen LogP contribution in [0.2, 0.25) is 0 Å². The fourth-order valence-corrected chi connectivity index (χ4v) is 1.71. The number of aromatic nitrogens is 1. The number of piperazine rings is 1. The molecule has 1 aliphatic rings. The quantitative estimate of drug-likeness (QED) is 0.871. The van der Waals surface area contributed by atoms with Crippen molar-refractivity contribution in [3.05, 3.63) is 23.9 Å². The van der Waals surface area contributed by atoms with E-state index in [1.165, 1.54) is 0 Å². The third-order valence-electron chi connectivity index (χ3n) is 2.41. The summed E-state index contributed by atoms with van der Waals surface area (Å²) in [6, 6.07) is 4.30. The molecule has 1 atom stereocenters. The van der Waals surface area contributed by atoms with Gasteiger partial charge in [0.25, 0.3) is 0 Å². The van der Waals surface area contributed by atoms with Crippen LogP contribution >= 0.6 is 37.2 Å². The third kappa shape index (κ3) is 4.85. The van der Waals surface area contributed by atoms with Gasteiger partial charge >= 0.3 is 0 Å². The predicted octanol–water partition coefficient (Wildman–Crippen LogP) is 1.59. The van der Waals surface area contributed by atoms with Gasteiger partial charge in [-0.15, -0.1) is 37.2 Å². The topological polar surface area (TPSA) is 46.2 Å². The van der Waals surface area contributed by atoms with Crippen molar-refractivity contribution in [2.24, 2.45) is 0 Å². The standard InChI is InChI=1S/C10H15N3O.3ClH/c1-14-10-8(3-2-4-13-10)9-7-11-5-6-12-9;;;/h2-4,9,11-12H,5-7H2,1H3;3*1H. The van der Waals surface area contributed by atoms with E-state index in [1.807, 2.05) is 6.07 Å². The summed E-state index contributed by atoms with van der Waals surface area (Å²) in [5, 5.41) is 6.77. The lowest BCUT2D eigenvalue weighted by atomic mass is 10.1. The molecule has 0 radical (unpaired) electrons. The first-order valence-corrected chi connectivity index (χ1v) is 4.85. The average molecular weight is 303 g/mol. The molecule has 4 nitrogen and oxygen atoms in total. The van der Waals surface area contributed by atoms with Crippen molar-refractivity contribution in [1.29, 1.82) is 0 Å². The van der Waals surface area contributed by atoms with E-state index in [4.69, 9.17) is 4.74 Å². The fraction of sp³-hybridized carbons (Fsp3) is 0.500. The van der Waals surface area contributed by atoms with Gasteiger partial charge in [-0.1, -0.05) is 6.07 Å². The van der Waals surface area contributed by atoms with Crippen LogP contribution in [0.5, 0.6) is 5.88 Å². The summed E-state index contributed by atoms with van der Waals surface area (Å²) >= 11 is 0. The van der Waals surface area contributed by atoms with Gasteiger partial charge in [-0.25, -0.2) is 4.98 Å². The van der Waals surface area contributed by atoms with Crippen LogP contribution in [0.3, 0.4) is 0 Å². The number of pyridine rings is 1. The molecule has 1 aliphatic heterocycles. The van der Waals surface area contributed by atoms with E-state index >= 15 is 0 Å². The molecule has 0 spiro atoms. The molecule has 1 saturated heterocycles. The molecule has 0 aliphatic carbocycles. The van der Waals surface area contributed by atoms with E-state index in [-0.39, 0.29) is 37.2 Å². The Kier molecular flexibility index (Phi) is 10.9. The minimum absolute atomic E-state index is 0. The van der Waals surface area contributed by atoms with E-state index < -0.39 is 0 Å². The lowest BCUT2D eigenvalue weighted by Gasteiger charge is -2.25. The molecule has 17 heavy (non-hydrogen) atoms. The first-order chi connectivity index (χ1) is 6.92. The summed E-state index contributed by atoms with van der Waals surface area (Å²) in [6.07, 6.45) is 1.75. The smallest absolute Gasteiger partial charge is 0.217 e. The third-order valence-corrected chi connectivity index (χ3v) is 2.41. The van der Waals surface area contributed by atoms with Gasteiger partial charge in [-0.05, 0) is 6.07 Å². The monoisotopic (exact) mass is 301 g/mol. The summed E-state index contributed by atoms with van der Waals surface area (Å²) in [5.41, 5.74) is 1.13. The lowest BCUT2D eigenvalue weighted by molar-refractivity contribution is 0.369. The van der Waals surface area contributed by atoms with Gasteiger partial charge in [0.2, 0.25) is 5.88 Å². The summed E-state index contributed by atoms with van der Waals surface area (Å²) in [4.78, 5) is 4.18. The molecule has 0 aromatic carbocycles. The van der Waals surface area contributed by atoms with Gasteiger partial charge in [0, 0.05) is 31.4 Å². The first-order valence-electron chi connectivity index (χ1n) is 4.85. The Morgan fingerprint density at radius 1 is 1.29 bits per heavy atom. The van der Waals surface area contributed by atoms with Crippen LogP contribution in [0.4, 0.5) is 0 Å². The van der Waals surface area contributed by atoms with Crippen LogP contribution in [0.1, 0.15) is 11.6 Å². The number of hydrogen-bond donors (Lipinski definition) is 2. The highest BCUT2D eigenvalue weighted by molar-refractivity contribution is 5.86. The first kappa shape index (κ1) is 19.1. The minimum atomic E-state index is 0. The lowest BCUT2D eigenvalue weighted by Crippen LogP contribution is -2.42. The highest BCUT2D eigenvalue weighted by Crippen LogP contribution is 2.22. The van der Waals surface area contributed by atoms with Crippen LogP contribution in [0.15, 0.2) is 18.3 Å². The number of halogens is 3. The van der Waals surface area contributed by atoms with Gasteiger partial charge in [-0.3, -0.25) is 0 Å². The summed E-state index contributed by atoms with van der Waals surface area (Å²) in [5.74, 6) is 0.716. The molecule has 7 heteroatoms. The SMILES string of the molecule is COc1ncccc1C1CNCCN1.Cl.Cl.Cl. The fourth-order valence-electron chi connectivity index (χ4n) is 1.71. The maximum Gasteiger partial charge on any atom is 0.217 e. The molecule has 2 heterocycles. The van der Waals surface area contributed by atoms with Gasteiger partial charge in [0.1, 0.15) is 0 Å². The number of nitrogens with one attached hydrogen (secondary N) is 2. The number of hydrogen-bond acceptors (Lipinski definition) is 4. The number of ether oxygens (including phenoxy) is 1. The van der Waals surface area contributed by atoms with Gasteiger partial charge < -0.3 is 15.4 Å². The van der Waals surface area contributed by atoms with Crippen LogP contribution < -0.4 is 15.4 Å². The van der Waals surface area contributed by atoms with Crippen molar-refractivity contribution in [1.82, 2.24) is 15.6 Å². The largest absolute Gasteiger partial charge is 0.481 e. The predicted molar refractivity (Wildman–Crippen MR) is 76.1 cm³/mol. The molecule has 2 N–H and O–H groups in total. The molecule has 1 unspecified atom stereocenters. The molecule has 0 bridgehead atoms. The summed E-state index contributed by atoms with van der Waals surface area (Å²) < 4.78 is 5.22. The van der Waals surface area contributed by atoms with Gasteiger partial charge in [-0.2, -0.15) is 0 Å². The second-order valence-corrected chi connectivity index (χ2v) is 3.31. The normalized spacial score (nSPS) is 18.1. The zero-order valence-corrected chi connectivity index (χ0v) is 12.0. The molecule has 1 aromatic heterocycles. The van der Waals surface area contributed by atoms with Crippen molar-refractivity contribution in [2.75, 3.05) is 26.7 Å². The molecular weight excluding hydrogens is 284 g/mol. The Labute approximate surface area is 120 Å². The zero-order valence-electron chi connectivity index (χ0n) is 9.51. The van der Waals surface area contributed by atoms with Crippen LogP contribution in [0.25, 0.3) is 0 Å². The van der Waals surface area contributed by atoms with Crippen molar-refractivity contribution < 1.29 is 4.74 Å². The summed E-state index contributed by atoms with van der Waals surface area (Å²) in [7, 11) is 1.65. The zero-order chi connectivity index (χ0) is 9.80. The molecule has 2 rings (SSSR count). The molecule has 100 valence electrons. The second kappa shape index (κ2) is 9.74. The van der Waals surface area contributed by atoms with E-state index in [9.17, 15) is 0 Å². The Morgan fingerprint density at radius 2 is 2.06 bits per heavy atom. The molecule has 1 aromatic rings. The van der Waals surface area contributed by atoms with Gasteiger partial charge in [0.15, 0.2) is 0 Å². The number of rotatable bonds is 2. The molecular formula is C10H18Cl3N3O. The van der Waals surface area contributed by atoms with Crippen LogP contribution in [-0.4, -0.2) is 31.7 Å². The molecule has 0 amide bonds. The van der Waals surface area contributed by atoms with Gasteiger partial charge in [0.05, 0.1) is 13.2 Å². The Bertz CT molecular complexity index is 309. The minimum Gasteiger partial charge on any atom is -0.481 e. The van der Waals surface area contributed by atoms with E-state index in [0.717, 1.165) is 25.2 Å². The van der Waals surface area contributed by atoms with Crippen LogP contribution in [0, 0.1) is 0 Å². The number of nitrogens with zero attached hydrogens (tertiary/aromatic N) is 1. The maximum absolute atomic E-state index is 5.22. The van der Waals surface area contributed by atoms with Crippen molar-refractivity contribution >= 4 is 37.2 Å². The van der Waals surface area contributed by atoms with Crippen molar-refractivity contribution in [3.8, 4) is 5.88 Å². The van der Waals surface area contributed by atoms with Crippen molar-refractivity contribution in [2.45, 2.75) is 6.04 Å². The van der Waals surface area contributed by atoms with Crippen LogP contribution in [-0.2, 0) is 0 Å². The number of methoxy groups -OCH3 is 1. The Morgan fingerprint density at radius 3 is 2.65 bits per heavy atom. The highest BCUT2D eigenvalue weighted by Gasteiger charge is 2.18. The highest BCUT2D eigenvalue weighted by atomic mass is 35.5. The Balaban J connectivity index is 0. The Hall–Kier alpha value is -0.260. The summed E-state index contributed by atoms with van der Waals surface area (Å²) in [6.45, 7) is 2.95.